The predicted molar refractivity (Wildman–Crippen MR) is 365 cm³/mol. The van der Waals surface area contributed by atoms with Crippen LogP contribution in [0.15, 0.2) is 296 Å². The SMILES string of the molecule is Brc1nc2ccccc2nc1-c1ccccc1.[2H]CF.[H-].[Na+].c1ccc(-c2nc3ccccc3nc2-n2c3ccccc3c3c4c5ccccc5n(-c5ccccc5)c4ccc32)cc1.c1ccc(-n2c3ccccc3c3c4c(ccc32)[nH]c2ccccc24)cc1. The van der Waals surface area contributed by atoms with Crippen molar-refractivity contribution in [3.63, 3.8) is 0 Å². The van der Waals surface area contributed by atoms with Crippen molar-refractivity contribution >= 4 is 125 Å². The molecule has 1 N–H and O–H groups in total. The molecule has 11 heteroatoms. The van der Waals surface area contributed by atoms with Gasteiger partial charge in [0.1, 0.15) is 16.0 Å². The number of para-hydroxylation sites is 10. The number of hydrogen-bond acceptors (Lipinski definition) is 4. The maximum absolute atomic E-state index is 9.96. The maximum Gasteiger partial charge on any atom is 1.00 e. The minimum absolute atomic E-state index is 0. The van der Waals surface area contributed by atoms with E-state index in [0.29, 0.717) is 0 Å². The number of nitrogens with one attached hydrogen (secondary N) is 1. The normalized spacial score (nSPS) is 11.4. The summed E-state index contributed by atoms with van der Waals surface area (Å²) in [4.78, 5) is 23.2. The standard InChI is InChI=1S/C38H24N4.C24H16N2.C14H9BrN2.CH3F.Na.H/c1-3-13-25(14-4-1)37-38(40-30-20-10-9-19-29(30)39-37)42-32-22-12-8-18-28(32)36-34(42)24-23-33-35(36)27-17-7-11-21-31(27)41(33)26-15-5-2-6-16-26;1-2-8-16(9-3-1)26-21-13-7-5-11-18(21)24-22(26)15-14-20-23(24)17-10-4-6-12-19(17)25-20;15-14-13(10-6-2-1-3-7-10)16-11-8-4-5-9-12(11)17-14;1-2;;/h1-24H;1-15,25H;1-9H;1H3;;/q;;;;+1;-1/i;;;1D;;. The number of aromatic nitrogens is 8. The molecule has 0 aliphatic rings. The summed E-state index contributed by atoms with van der Waals surface area (Å²) < 4.78 is 23.3. The average Bonchev–Trinajstić information content (AvgIpc) is 1.56. The Morgan fingerprint density at radius 3 is 1.20 bits per heavy atom. The number of rotatable bonds is 5. The first-order valence-electron chi connectivity index (χ1n) is 29.4. The van der Waals surface area contributed by atoms with Gasteiger partial charge >= 0.3 is 29.6 Å². The van der Waals surface area contributed by atoms with Gasteiger partial charge in [0, 0.05) is 76.6 Å². The molecule has 0 unspecified atom stereocenters. The molecule has 0 saturated heterocycles. The molecule has 416 valence electrons. The second-order valence-corrected chi connectivity index (χ2v) is 21.9. The fourth-order valence-electron chi connectivity index (χ4n) is 12.6. The fraction of sp³-hybridized carbons (Fsp3) is 0.0130. The van der Waals surface area contributed by atoms with Gasteiger partial charge < -0.3 is 15.5 Å². The van der Waals surface area contributed by atoms with E-state index in [1.807, 2.05) is 84.9 Å². The van der Waals surface area contributed by atoms with E-state index in [4.69, 9.17) is 11.3 Å². The maximum atomic E-state index is 9.96. The zero-order valence-corrected chi connectivity index (χ0v) is 51.4. The van der Waals surface area contributed by atoms with Gasteiger partial charge in [0.05, 0.1) is 63.7 Å². The monoisotopic (exact) mass is 1210 g/mol. The zero-order chi connectivity index (χ0) is 59.1. The van der Waals surface area contributed by atoms with Crippen LogP contribution in [-0.2, 0) is 0 Å². The summed E-state index contributed by atoms with van der Waals surface area (Å²) in [6, 6.07) is 101. The Bertz CT molecular complexity index is 5600. The number of benzene rings is 12. The van der Waals surface area contributed by atoms with Crippen molar-refractivity contribution in [3.05, 3.63) is 296 Å². The first-order chi connectivity index (χ1) is 43.5. The molecule has 0 fully saturated rings. The van der Waals surface area contributed by atoms with Gasteiger partial charge in [-0.2, -0.15) is 0 Å². The van der Waals surface area contributed by atoms with Crippen LogP contribution in [0.1, 0.15) is 2.80 Å². The summed E-state index contributed by atoms with van der Waals surface area (Å²) in [5, 5.41) is 10.1. The van der Waals surface area contributed by atoms with Crippen molar-refractivity contribution in [2.45, 2.75) is 0 Å². The smallest absolute Gasteiger partial charge is 1.00 e. The number of halogens is 2. The summed E-state index contributed by atoms with van der Waals surface area (Å²) in [6.45, 7) is 0. The van der Waals surface area contributed by atoms with Gasteiger partial charge in [-0.25, -0.2) is 19.9 Å². The Labute approximate surface area is 539 Å². The third-order valence-electron chi connectivity index (χ3n) is 16.2. The molecule has 0 atom stereocenters. The van der Waals surface area contributed by atoms with Gasteiger partial charge in [0.15, 0.2) is 5.82 Å². The largest absolute Gasteiger partial charge is 1.00 e. The van der Waals surface area contributed by atoms with Crippen LogP contribution in [0.4, 0.5) is 4.39 Å². The minimum Gasteiger partial charge on any atom is -1.00 e. The van der Waals surface area contributed by atoms with Crippen molar-refractivity contribution in [1.82, 2.24) is 38.6 Å². The number of alkyl halides is 1. The van der Waals surface area contributed by atoms with Gasteiger partial charge in [-0.05, 0) is 113 Å². The predicted octanol–water partition coefficient (Wildman–Crippen LogP) is 17.7. The third-order valence-corrected chi connectivity index (χ3v) is 16.7. The molecule has 12 aromatic carbocycles. The molecule has 0 aliphatic heterocycles. The van der Waals surface area contributed by atoms with Crippen LogP contribution >= 0.6 is 15.9 Å². The summed E-state index contributed by atoms with van der Waals surface area (Å²) in [7, 11) is -1.00. The van der Waals surface area contributed by atoms with Crippen LogP contribution in [0, 0.1) is 0 Å². The third kappa shape index (κ3) is 9.67. The molecule has 88 heavy (non-hydrogen) atoms. The molecule has 18 rings (SSSR count). The Morgan fingerprint density at radius 1 is 0.341 bits per heavy atom. The molecule has 0 spiro atoms. The molecule has 18 aromatic rings. The van der Waals surface area contributed by atoms with Crippen molar-refractivity contribution in [3.8, 4) is 39.7 Å². The second kappa shape index (κ2) is 24.0. The average molecular weight is 1210 g/mol. The number of H-pyrrole nitrogens is 1. The van der Waals surface area contributed by atoms with Crippen LogP contribution in [0.25, 0.3) is 149 Å². The summed E-state index contributed by atoms with van der Waals surface area (Å²) in [5.41, 5.74) is 19.2. The van der Waals surface area contributed by atoms with Gasteiger partial charge in [-0.15, -0.1) is 0 Å². The van der Waals surface area contributed by atoms with Gasteiger partial charge in [0.2, 0.25) is 0 Å². The number of nitrogens with zero attached hydrogens (tertiary/aromatic N) is 7. The molecule has 0 amide bonds. The van der Waals surface area contributed by atoms with E-state index < -0.39 is 7.15 Å². The fourth-order valence-corrected chi connectivity index (χ4v) is 13.1. The molecule has 0 aliphatic carbocycles. The van der Waals surface area contributed by atoms with Crippen LogP contribution in [0.2, 0.25) is 0 Å². The molecule has 8 nitrogen and oxygen atoms in total. The quantitative estimate of drug-likeness (QED) is 0.174. The number of fused-ring (bicyclic) bond motifs is 16. The molecule has 6 aromatic heterocycles. The van der Waals surface area contributed by atoms with Gasteiger partial charge in [0.25, 0.3) is 0 Å². The summed E-state index contributed by atoms with van der Waals surface area (Å²) in [5.74, 6) is 0.831. The second-order valence-electron chi connectivity index (χ2n) is 21.1. The summed E-state index contributed by atoms with van der Waals surface area (Å²) >= 11 is 3.48. The first kappa shape index (κ1) is 54.6. The van der Waals surface area contributed by atoms with E-state index in [9.17, 15) is 4.39 Å². The molecule has 0 saturated carbocycles. The van der Waals surface area contributed by atoms with E-state index in [1.165, 1.54) is 81.9 Å². The summed E-state index contributed by atoms with van der Waals surface area (Å²) in [6.07, 6.45) is 0. The zero-order valence-electron chi connectivity index (χ0n) is 49.8. The number of aromatic amines is 1. The van der Waals surface area contributed by atoms with E-state index in [-0.39, 0.29) is 31.0 Å². The van der Waals surface area contributed by atoms with E-state index in [1.54, 1.807) is 0 Å². The van der Waals surface area contributed by atoms with Crippen molar-refractivity contribution < 1.29 is 36.7 Å². The van der Waals surface area contributed by atoms with E-state index >= 15 is 0 Å². The number of hydrogen-bond donors (Lipinski definition) is 1. The Kier molecular flexibility index (Phi) is 14.9. The van der Waals surface area contributed by atoms with Crippen LogP contribution in [0.5, 0.6) is 0 Å². The van der Waals surface area contributed by atoms with Crippen molar-refractivity contribution in [2.24, 2.45) is 0 Å². The Morgan fingerprint density at radius 2 is 0.693 bits per heavy atom. The minimum atomic E-state index is -1.00. The van der Waals surface area contributed by atoms with Gasteiger partial charge in [-0.1, -0.05) is 194 Å². The van der Waals surface area contributed by atoms with E-state index in [2.05, 4.69) is 251 Å². The van der Waals surface area contributed by atoms with Crippen LogP contribution < -0.4 is 29.6 Å². The van der Waals surface area contributed by atoms with Crippen LogP contribution in [0.3, 0.4) is 0 Å². The van der Waals surface area contributed by atoms with E-state index in [0.717, 1.165) is 71.7 Å². The van der Waals surface area contributed by atoms with Crippen LogP contribution in [-0.4, -0.2) is 45.8 Å². The van der Waals surface area contributed by atoms with Crippen molar-refractivity contribution in [2.75, 3.05) is 7.15 Å². The Hall–Kier alpha value is -10.1. The molecule has 6 heterocycles. The molecule has 0 bridgehead atoms. The molecule has 0 radical (unpaired) electrons. The van der Waals surface area contributed by atoms with Gasteiger partial charge in [-0.3, -0.25) is 8.96 Å². The van der Waals surface area contributed by atoms with Crippen molar-refractivity contribution in [1.29, 1.82) is 0 Å². The molecular formula is C77H53BrFN8Na. The first-order valence-corrected chi connectivity index (χ1v) is 29.5. The topological polar surface area (TPSA) is 82.1 Å². The Balaban J connectivity index is 0.000000132. The molecular weight excluding hydrogens is 1160 g/mol.